The Morgan fingerprint density at radius 3 is 1.94 bits per heavy atom. The largest absolute Gasteiger partial charge is 0.550 e. The SMILES string of the molecule is C[N+](C)(C)CC(O)CC(=O)[O-].NCC(=O)O. The van der Waals surface area contributed by atoms with Crippen LogP contribution in [0.25, 0.3) is 0 Å². The van der Waals surface area contributed by atoms with Crippen molar-refractivity contribution in [3.63, 3.8) is 0 Å². The fraction of sp³-hybridized carbons (Fsp3) is 0.778. The summed E-state index contributed by atoms with van der Waals surface area (Å²) in [6.07, 6.45) is -1.09. The molecule has 0 aliphatic rings. The van der Waals surface area contributed by atoms with Gasteiger partial charge in [0.25, 0.3) is 0 Å². The standard InChI is InChI=1S/C7H15NO3.C2H5NO2/c1-8(2,3)5-6(9)4-7(10)11;3-1-2(4)5/h6,9H,4-5H2,1-3H3;1,3H2,(H,4,5). The number of likely N-dealkylation sites (N-methyl/N-ethyl adjacent to an activating group) is 1. The Hall–Kier alpha value is -1.18. The van der Waals surface area contributed by atoms with Crippen molar-refractivity contribution in [3.05, 3.63) is 0 Å². The van der Waals surface area contributed by atoms with E-state index in [1.165, 1.54) is 0 Å². The van der Waals surface area contributed by atoms with Crippen LogP contribution in [0.3, 0.4) is 0 Å². The van der Waals surface area contributed by atoms with Gasteiger partial charge in [-0.3, -0.25) is 4.79 Å². The van der Waals surface area contributed by atoms with E-state index in [9.17, 15) is 14.7 Å². The van der Waals surface area contributed by atoms with Crippen molar-refractivity contribution in [1.82, 2.24) is 0 Å². The highest BCUT2D eigenvalue weighted by Gasteiger charge is 2.14. The van der Waals surface area contributed by atoms with Crippen LogP contribution in [-0.2, 0) is 9.59 Å². The Labute approximate surface area is 94.7 Å². The van der Waals surface area contributed by atoms with Crippen molar-refractivity contribution in [2.24, 2.45) is 5.73 Å². The van der Waals surface area contributed by atoms with Gasteiger partial charge in [-0.15, -0.1) is 0 Å². The van der Waals surface area contributed by atoms with Crippen LogP contribution in [0, 0.1) is 0 Å². The van der Waals surface area contributed by atoms with Crippen LogP contribution in [0.5, 0.6) is 0 Å². The van der Waals surface area contributed by atoms with Crippen molar-refractivity contribution >= 4 is 11.9 Å². The maximum absolute atomic E-state index is 10.0. The van der Waals surface area contributed by atoms with Gasteiger partial charge in [0.05, 0.1) is 27.7 Å². The van der Waals surface area contributed by atoms with Gasteiger partial charge >= 0.3 is 5.97 Å². The first-order chi connectivity index (χ1) is 7.08. The molecular formula is C9H20N2O5. The third-order valence-electron chi connectivity index (χ3n) is 1.34. The maximum Gasteiger partial charge on any atom is 0.317 e. The molecule has 0 heterocycles. The minimum atomic E-state index is -1.20. The Morgan fingerprint density at radius 2 is 1.75 bits per heavy atom. The third-order valence-corrected chi connectivity index (χ3v) is 1.34. The summed E-state index contributed by atoms with van der Waals surface area (Å²) in [6.45, 7) is 0.147. The summed E-state index contributed by atoms with van der Waals surface area (Å²) in [4.78, 5) is 19.3. The fourth-order valence-electron chi connectivity index (χ4n) is 0.889. The Bertz CT molecular complexity index is 224. The van der Waals surface area contributed by atoms with E-state index in [0.717, 1.165) is 0 Å². The van der Waals surface area contributed by atoms with E-state index >= 15 is 0 Å². The molecule has 16 heavy (non-hydrogen) atoms. The number of nitrogens with two attached hydrogens (primary N) is 1. The summed E-state index contributed by atoms with van der Waals surface area (Å²) in [7, 11) is 5.66. The lowest BCUT2D eigenvalue weighted by Crippen LogP contribution is -2.43. The normalized spacial score (nSPS) is 12.3. The molecule has 96 valence electrons. The lowest BCUT2D eigenvalue weighted by Gasteiger charge is -2.26. The average Bonchev–Trinajstić information content (AvgIpc) is 1.99. The summed E-state index contributed by atoms with van der Waals surface area (Å²) < 4.78 is 0.550. The lowest BCUT2D eigenvalue weighted by molar-refractivity contribution is -0.873. The lowest BCUT2D eigenvalue weighted by atomic mass is 10.2. The van der Waals surface area contributed by atoms with Gasteiger partial charge in [0.2, 0.25) is 0 Å². The Kier molecular flexibility index (Phi) is 8.64. The van der Waals surface area contributed by atoms with Crippen LogP contribution >= 0.6 is 0 Å². The molecule has 1 unspecified atom stereocenters. The molecule has 0 amide bonds. The Balaban J connectivity index is 0. The molecule has 0 radical (unpaired) electrons. The van der Waals surface area contributed by atoms with E-state index in [1.807, 2.05) is 21.1 Å². The predicted molar refractivity (Wildman–Crippen MR) is 55.2 cm³/mol. The van der Waals surface area contributed by atoms with Gasteiger partial charge in [-0.05, 0) is 0 Å². The molecule has 0 rings (SSSR count). The van der Waals surface area contributed by atoms with Crippen LogP contribution in [0.2, 0.25) is 0 Å². The molecular weight excluding hydrogens is 216 g/mol. The zero-order valence-electron chi connectivity index (χ0n) is 9.84. The van der Waals surface area contributed by atoms with E-state index in [0.29, 0.717) is 11.0 Å². The van der Waals surface area contributed by atoms with E-state index in [1.54, 1.807) is 0 Å². The molecule has 7 nitrogen and oxygen atoms in total. The Morgan fingerprint density at radius 1 is 1.38 bits per heavy atom. The molecule has 0 aromatic heterocycles. The zero-order chi connectivity index (χ0) is 13.4. The molecule has 0 fully saturated rings. The number of aliphatic hydroxyl groups is 1. The average molecular weight is 236 g/mol. The summed E-state index contributed by atoms with van der Waals surface area (Å²) in [6, 6.07) is 0. The quantitative estimate of drug-likeness (QED) is 0.444. The molecule has 4 N–H and O–H groups in total. The summed E-state index contributed by atoms with van der Waals surface area (Å²) in [5, 5.41) is 26.7. The highest BCUT2D eigenvalue weighted by molar-refractivity contribution is 5.68. The van der Waals surface area contributed by atoms with Crippen molar-refractivity contribution < 1.29 is 29.4 Å². The molecule has 0 bridgehead atoms. The molecule has 7 heteroatoms. The number of hydrogen-bond donors (Lipinski definition) is 3. The van der Waals surface area contributed by atoms with Gasteiger partial charge in [0, 0.05) is 12.4 Å². The van der Waals surface area contributed by atoms with Gasteiger partial charge < -0.3 is 30.3 Å². The molecule has 0 saturated carbocycles. The maximum atomic E-state index is 10.0. The van der Waals surface area contributed by atoms with Gasteiger partial charge in [0.15, 0.2) is 0 Å². The molecule has 0 aliphatic carbocycles. The van der Waals surface area contributed by atoms with E-state index in [2.05, 4.69) is 5.73 Å². The number of carboxylic acids is 2. The van der Waals surface area contributed by atoms with Crippen molar-refractivity contribution in [3.8, 4) is 0 Å². The highest BCUT2D eigenvalue weighted by atomic mass is 16.4. The van der Waals surface area contributed by atoms with E-state index in [4.69, 9.17) is 10.2 Å². The van der Waals surface area contributed by atoms with Gasteiger partial charge in [-0.2, -0.15) is 0 Å². The summed E-state index contributed by atoms with van der Waals surface area (Å²) in [5.41, 5.74) is 4.57. The smallest absolute Gasteiger partial charge is 0.317 e. The van der Waals surface area contributed by atoms with Crippen LogP contribution < -0.4 is 10.8 Å². The minimum Gasteiger partial charge on any atom is -0.550 e. The van der Waals surface area contributed by atoms with Crippen LogP contribution in [-0.4, -0.2) is 67.0 Å². The fourth-order valence-corrected chi connectivity index (χ4v) is 0.889. The third kappa shape index (κ3) is 18.6. The first-order valence-corrected chi connectivity index (χ1v) is 4.68. The molecule has 0 aromatic rings. The second-order valence-electron chi connectivity index (χ2n) is 4.30. The number of rotatable bonds is 5. The number of aliphatic hydroxyl groups excluding tert-OH is 1. The number of carbonyl (C=O) groups is 2. The number of hydrogen-bond acceptors (Lipinski definition) is 5. The molecule has 0 aromatic carbocycles. The summed E-state index contributed by atoms with van der Waals surface area (Å²) >= 11 is 0. The number of nitrogens with zero attached hydrogens (tertiary/aromatic N) is 1. The zero-order valence-corrected chi connectivity index (χ0v) is 9.84. The second-order valence-corrected chi connectivity index (χ2v) is 4.30. The van der Waals surface area contributed by atoms with Crippen molar-refractivity contribution in [2.75, 3.05) is 34.2 Å². The predicted octanol–water partition coefficient (Wildman–Crippen LogP) is -2.78. The number of carboxylic acid groups (broad SMARTS) is 2. The van der Waals surface area contributed by atoms with Crippen molar-refractivity contribution in [2.45, 2.75) is 12.5 Å². The van der Waals surface area contributed by atoms with Crippen LogP contribution in [0.15, 0.2) is 0 Å². The van der Waals surface area contributed by atoms with Gasteiger partial charge in [-0.25, -0.2) is 0 Å². The topological polar surface area (TPSA) is 124 Å². The number of quaternary nitrogens is 1. The first kappa shape index (κ1) is 17.2. The molecule has 0 saturated heterocycles. The monoisotopic (exact) mass is 236 g/mol. The van der Waals surface area contributed by atoms with Gasteiger partial charge in [-0.1, -0.05) is 0 Å². The summed E-state index contributed by atoms with van der Waals surface area (Å²) in [5.74, 6) is -2.17. The van der Waals surface area contributed by atoms with E-state index in [-0.39, 0.29) is 13.0 Å². The van der Waals surface area contributed by atoms with Crippen molar-refractivity contribution in [1.29, 1.82) is 0 Å². The van der Waals surface area contributed by atoms with E-state index < -0.39 is 18.0 Å². The number of carbonyl (C=O) groups excluding carboxylic acids is 1. The highest BCUT2D eigenvalue weighted by Crippen LogP contribution is 1.97. The van der Waals surface area contributed by atoms with Gasteiger partial charge in [0.1, 0.15) is 12.6 Å². The number of aliphatic carboxylic acids is 2. The minimum absolute atomic E-state index is 0.278. The second kappa shape index (κ2) is 8.03. The van der Waals surface area contributed by atoms with Crippen LogP contribution in [0.4, 0.5) is 0 Å². The molecule has 0 spiro atoms. The molecule has 1 atom stereocenters. The first-order valence-electron chi connectivity index (χ1n) is 4.68. The molecule has 0 aliphatic heterocycles. The van der Waals surface area contributed by atoms with Crippen LogP contribution in [0.1, 0.15) is 6.42 Å².